The number of aryl methyl sites for hydroxylation is 2. The van der Waals surface area contributed by atoms with Crippen LogP contribution in [0.2, 0.25) is 0 Å². The minimum absolute atomic E-state index is 0.0239. The first-order valence-electron chi connectivity index (χ1n) is 6.22. The molecule has 9 heteroatoms. The second-order valence-corrected chi connectivity index (χ2v) is 6.14. The van der Waals surface area contributed by atoms with Crippen LogP contribution < -0.4 is 4.74 Å². The van der Waals surface area contributed by atoms with E-state index in [-0.39, 0.29) is 16.7 Å². The van der Waals surface area contributed by atoms with E-state index in [0.717, 1.165) is 11.8 Å². The lowest BCUT2D eigenvalue weighted by atomic mass is 10.1. The van der Waals surface area contributed by atoms with Crippen molar-refractivity contribution in [1.29, 1.82) is 0 Å². The standard InChI is InChI=1S/C12H16F3N3O2S/c1-6-7(10(18(4)16-6)19-11(14)15)5-21-9-8(13)12(2,3)20-17-9/h8,11H,5H2,1-4H3. The van der Waals surface area contributed by atoms with Gasteiger partial charge >= 0.3 is 6.61 Å². The second kappa shape index (κ2) is 5.78. The van der Waals surface area contributed by atoms with Crippen molar-refractivity contribution in [2.75, 3.05) is 0 Å². The van der Waals surface area contributed by atoms with E-state index in [4.69, 9.17) is 4.84 Å². The molecule has 1 aliphatic heterocycles. The SMILES string of the molecule is Cc1nn(C)c(OC(F)F)c1CSC1=NOC(C)(C)C1F. The topological polar surface area (TPSA) is 48.6 Å². The average molecular weight is 323 g/mol. The van der Waals surface area contributed by atoms with E-state index >= 15 is 0 Å². The molecule has 0 radical (unpaired) electrons. The number of thioether (sulfide) groups is 1. The van der Waals surface area contributed by atoms with E-state index in [0.29, 0.717) is 11.3 Å². The Labute approximate surface area is 124 Å². The van der Waals surface area contributed by atoms with E-state index in [2.05, 4.69) is 15.0 Å². The number of aromatic nitrogens is 2. The van der Waals surface area contributed by atoms with Crippen molar-refractivity contribution in [2.24, 2.45) is 12.2 Å². The lowest BCUT2D eigenvalue weighted by Crippen LogP contribution is -2.33. The predicted molar refractivity (Wildman–Crippen MR) is 73.4 cm³/mol. The highest BCUT2D eigenvalue weighted by atomic mass is 32.2. The number of rotatable bonds is 4. The molecule has 0 spiro atoms. The zero-order valence-electron chi connectivity index (χ0n) is 12.1. The molecular formula is C12H16F3N3O2S. The summed E-state index contributed by atoms with van der Waals surface area (Å²) < 4.78 is 44.6. The van der Waals surface area contributed by atoms with Gasteiger partial charge in [-0.05, 0) is 20.8 Å². The van der Waals surface area contributed by atoms with Crippen LogP contribution in [0.5, 0.6) is 5.88 Å². The van der Waals surface area contributed by atoms with Crippen molar-refractivity contribution in [3.05, 3.63) is 11.3 Å². The summed E-state index contributed by atoms with van der Waals surface area (Å²) in [6.07, 6.45) is -1.35. The van der Waals surface area contributed by atoms with Crippen LogP contribution in [0, 0.1) is 6.92 Å². The molecule has 0 aromatic carbocycles. The van der Waals surface area contributed by atoms with Crippen molar-refractivity contribution in [1.82, 2.24) is 9.78 Å². The van der Waals surface area contributed by atoms with E-state index < -0.39 is 18.4 Å². The van der Waals surface area contributed by atoms with Gasteiger partial charge in [-0.25, -0.2) is 9.07 Å². The zero-order chi connectivity index (χ0) is 15.8. The van der Waals surface area contributed by atoms with Crippen LogP contribution in [0.4, 0.5) is 13.2 Å². The summed E-state index contributed by atoms with van der Waals surface area (Å²) in [5, 5.41) is 7.92. The Balaban J connectivity index is 2.11. The highest BCUT2D eigenvalue weighted by Gasteiger charge is 2.42. The maximum Gasteiger partial charge on any atom is 0.388 e. The van der Waals surface area contributed by atoms with E-state index in [1.807, 2.05) is 0 Å². The Kier molecular flexibility index (Phi) is 4.40. The third-order valence-electron chi connectivity index (χ3n) is 3.05. The molecule has 1 atom stereocenters. The number of oxime groups is 1. The van der Waals surface area contributed by atoms with Gasteiger partial charge in [-0.2, -0.15) is 13.9 Å². The Morgan fingerprint density at radius 3 is 2.67 bits per heavy atom. The largest absolute Gasteiger partial charge is 0.417 e. The predicted octanol–water partition coefficient (Wildman–Crippen LogP) is 3.02. The number of nitrogens with zero attached hydrogens (tertiary/aromatic N) is 3. The second-order valence-electron chi connectivity index (χ2n) is 5.15. The maximum atomic E-state index is 14.0. The minimum Gasteiger partial charge on any atom is -0.417 e. The lowest BCUT2D eigenvalue weighted by Gasteiger charge is -2.17. The van der Waals surface area contributed by atoms with Gasteiger partial charge in [-0.3, -0.25) is 0 Å². The third-order valence-corrected chi connectivity index (χ3v) is 4.06. The fourth-order valence-electron chi connectivity index (χ4n) is 1.88. The van der Waals surface area contributed by atoms with Gasteiger partial charge in [0.05, 0.1) is 5.69 Å². The first-order valence-corrected chi connectivity index (χ1v) is 7.21. The molecule has 1 aliphatic rings. The quantitative estimate of drug-likeness (QED) is 0.854. The first kappa shape index (κ1) is 16.0. The van der Waals surface area contributed by atoms with Gasteiger partial charge in [0.1, 0.15) is 0 Å². The summed E-state index contributed by atoms with van der Waals surface area (Å²) in [6.45, 7) is 1.92. The Hall–Kier alpha value is -1.38. The van der Waals surface area contributed by atoms with Crippen LogP contribution in [0.3, 0.4) is 0 Å². The Morgan fingerprint density at radius 2 is 2.14 bits per heavy atom. The van der Waals surface area contributed by atoms with Gasteiger partial charge in [-0.1, -0.05) is 16.9 Å². The minimum atomic E-state index is -2.94. The Bertz CT molecular complexity index is 560. The van der Waals surface area contributed by atoms with Crippen molar-refractivity contribution in [3.63, 3.8) is 0 Å². The number of hydrogen-bond donors (Lipinski definition) is 0. The van der Waals surface area contributed by atoms with Crippen LogP contribution >= 0.6 is 11.8 Å². The summed E-state index contributed by atoms with van der Waals surface area (Å²) in [5.41, 5.74) is 0.0338. The normalized spacial score (nSPS) is 20.6. The smallest absolute Gasteiger partial charge is 0.388 e. The van der Waals surface area contributed by atoms with Crippen LogP contribution in [-0.2, 0) is 17.6 Å². The highest BCUT2D eigenvalue weighted by Crippen LogP contribution is 2.34. The van der Waals surface area contributed by atoms with Crippen molar-refractivity contribution < 1.29 is 22.7 Å². The molecule has 0 saturated carbocycles. The molecule has 118 valence electrons. The summed E-state index contributed by atoms with van der Waals surface area (Å²) in [7, 11) is 1.51. The first-order chi connectivity index (χ1) is 9.72. The van der Waals surface area contributed by atoms with E-state index in [1.165, 1.54) is 11.7 Å². The summed E-state index contributed by atoms with van der Waals surface area (Å²) in [4.78, 5) is 5.00. The number of hydrogen-bond acceptors (Lipinski definition) is 5. The number of halogens is 3. The molecular weight excluding hydrogens is 307 g/mol. The molecule has 2 rings (SSSR count). The lowest BCUT2D eigenvalue weighted by molar-refractivity contribution is -0.0557. The van der Waals surface area contributed by atoms with Gasteiger partial charge in [-0.15, -0.1) is 0 Å². The van der Waals surface area contributed by atoms with E-state index in [9.17, 15) is 13.2 Å². The highest BCUT2D eigenvalue weighted by molar-refractivity contribution is 8.13. The van der Waals surface area contributed by atoms with Crippen LogP contribution in [0.1, 0.15) is 25.1 Å². The van der Waals surface area contributed by atoms with Crippen LogP contribution in [0.15, 0.2) is 5.16 Å². The molecule has 0 N–H and O–H groups in total. The zero-order valence-corrected chi connectivity index (χ0v) is 12.9. The van der Waals surface area contributed by atoms with Gasteiger partial charge in [0.25, 0.3) is 0 Å². The van der Waals surface area contributed by atoms with E-state index in [1.54, 1.807) is 20.8 Å². The molecule has 5 nitrogen and oxygen atoms in total. The van der Waals surface area contributed by atoms with Crippen molar-refractivity contribution in [3.8, 4) is 5.88 Å². The summed E-state index contributed by atoms with van der Waals surface area (Å²) in [5.74, 6) is 0.199. The van der Waals surface area contributed by atoms with Crippen LogP contribution in [0.25, 0.3) is 0 Å². The maximum absolute atomic E-state index is 14.0. The molecule has 21 heavy (non-hydrogen) atoms. The fraction of sp³-hybridized carbons (Fsp3) is 0.667. The Morgan fingerprint density at radius 1 is 1.48 bits per heavy atom. The van der Waals surface area contributed by atoms with Crippen LogP contribution in [-0.4, -0.2) is 33.2 Å². The number of alkyl halides is 3. The number of ether oxygens (including phenoxy) is 1. The summed E-state index contributed by atoms with van der Waals surface area (Å²) >= 11 is 1.09. The van der Waals surface area contributed by atoms with Crippen molar-refractivity contribution in [2.45, 2.75) is 44.9 Å². The molecule has 2 heterocycles. The van der Waals surface area contributed by atoms with Gasteiger partial charge in [0.15, 0.2) is 16.8 Å². The van der Waals surface area contributed by atoms with Gasteiger partial charge < -0.3 is 9.57 Å². The van der Waals surface area contributed by atoms with Gasteiger partial charge in [0.2, 0.25) is 5.88 Å². The monoisotopic (exact) mass is 323 g/mol. The molecule has 0 fully saturated rings. The molecule has 1 aromatic heterocycles. The molecule has 0 bridgehead atoms. The third kappa shape index (κ3) is 3.28. The molecule has 0 amide bonds. The average Bonchev–Trinajstić information content (AvgIpc) is 2.77. The summed E-state index contributed by atoms with van der Waals surface area (Å²) in [6, 6.07) is 0. The molecule has 1 aromatic rings. The molecule has 0 saturated heterocycles. The van der Waals surface area contributed by atoms with Gasteiger partial charge in [0, 0.05) is 18.4 Å². The fourth-order valence-corrected chi connectivity index (χ4v) is 3.02. The molecule has 1 unspecified atom stereocenters. The van der Waals surface area contributed by atoms with Crippen molar-refractivity contribution >= 4 is 16.8 Å². The molecule has 0 aliphatic carbocycles.